The number of amides is 4. The van der Waals surface area contributed by atoms with Crippen LogP contribution in [0.2, 0.25) is 0 Å². The Morgan fingerprint density at radius 2 is 1.81 bits per heavy atom. The molecule has 1 aliphatic heterocycles. The van der Waals surface area contributed by atoms with E-state index in [1.54, 1.807) is 56.0 Å². The molecule has 1 aromatic heterocycles. The van der Waals surface area contributed by atoms with Gasteiger partial charge >= 0.3 is 18.1 Å². The fourth-order valence-electron chi connectivity index (χ4n) is 4.79. The number of aryl methyl sites for hydroxylation is 1. The maximum Gasteiger partial charge on any atom is 0.408 e. The number of aromatic nitrogens is 1. The number of carbonyl (C=O) groups is 4. The third kappa shape index (κ3) is 8.81. The average molecular weight is 592 g/mol. The molecule has 1 fully saturated rings. The molecule has 2 heterocycles. The zero-order valence-electron chi connectivity index (χ0n) is 24.7. The van der Waals surface area contributed by atoms with Gasteiger partial charge in [0.2, 0.25) is 5.91 Å². The van der Waals surface area contributed by atoms with Crippen LogP contribution in [0.5, 0.6) is 0 Å². The number of alkyl carbamates (subject to hydrolysis) is 1. The lowest BCUT2D eigenvalue weighted by atomic mass is 10.1. The first-order valence-electron chi connectivity index (χ1n) is 14.1. The van der Waals surface area contributed by atoms with Crippen molar-refractivity contribution in [2.24, 2.45) is 0 Å². The topological polar surface area (TPSA) is 163 Å². The lowest BCUT2D eigenvalue weighted by Crippen LogP contribution is -2.44. The number of ether oxygens (including phenoxy) is 1. The predicted molar refractivity (Wildman–Crippen MR) is 159 cm³/mol. The molecule has 0 aliphatic carbocycles. The number of carboxylic acids is 1. The summed E-state index contributed by atoms with van der Waals surface area (Å²) in [4.78, 5) is 51.2. The number of hydrogen-bond donors (Lipinski definition) is 4. The van der Waals surface area contributed by atoms with Crippen LogP contribution in [0.25, 0.3) is 0 Å². The summed E-state index contributed by atoms with van der Waals surface area (Å²) in [5.74, 6) is -1.05. The summed E-state index contributed by atoms with van der Waals surface area (Å²) < 4.78 is 10.5. The van der Waals surface area contributed by atoms with Crippen LogP contribution in [0.3, 0.4) is 0 Å². The lowest BCUT2D eigenvalue weighted by Gasteiger charge is -2.23. The molecular formula is C31H37N5O7. The number of para-hydroxylation sites is 1. The highest BCUT2D eigenvalue weighted by atomic mass is 16.6. The first kappa shape index (κ1) is 31.1. The zero-order chi connectivity index (χ0) is 31.1. The molecular weight excluding hydrogens is 554 g/mol. The molecule has 1 aliphatic rings. The van der Waals surface area contributed by atoms with Crippen LogP contribution < -0.4 is 16.0 Å². The SMILES string of the molecule is Cc1ccccc1NC(=O)Nc1ccc(CC(=O)N2CCCC2c2cc(CC(NC(=O)OC(C)(C)C)C(=O)O)on2)cc1. The minimum absolute atomic E-state index is 0.0833. The van der Waals surface area contributed by atoms with Crippen molar-refractivity contribution in [2.75, 3.05) is 17.2 Å². The van der Waals surface area contributed by atoms with E-state index in [0.717, 1.165) is 23.2 Å². The highest BCUT2D eigenvalue weighted by molar-refractivity contribution is 6.00. The van der Waals surface area contributed by atoms with Crippen LogP contribution >= 0.6 is 0 Å². The van der Waals surface area contributed by atoms with E-state index in [4.69, 9.17) is 9.26 Å². The van der Waals surface area contributed by atoms with Gasteiger partial charge in [-0.1, -0.05) is 35.5 Å². The van der Waals surface area contributed by atoms with Crippen molar-refractivity contribution in [1.29, 1.82) is 0 Å². The molecule has 0 saturated carbocycles. The third-order valence-corrected chi connectivity index (χ3v) is 6.85. The average Bonchev–Trinajstić information content (AvgIpc) is 3.59. The van der Waals surface area contributed by atoms with Gasteiger partial charge in [0.05, 0.1) is 12.5 Å². The normalized spacial score (nSPS) is 15.4. The van der Waals surface area contributed by atoms with Gasteiger partial charge in [0.25, 0.3) is 0 Å². The second-order valence-electron chi connectivity index (χ2n) is 11.5. The Labute approximate surface area is 249 Å². The van der Waals surface area contributed by atoms with E-state index in [1.807, 2.05) is 31.2 Å². The zero-order valence-corrected chi connectivity index (χ0v) is 24.7. The van der Waals surface area contributed by atoms with Gasteiger partial charge in [-0.3, -0.25) is 4.79 Å². The van der Waals surface area contributed by atoms with E-state index in [1.165, 1.54) is 0 Å². The molecule has 2 aromatic carbocycles. The predicted octanol–water partition coefficient (Wildman–Crippen LogP) is 5.05. The molecule has 43 heavy (non-hydrogen) atoms. The van der Waals surface area contributed by atoms with Gasteiger partial charge in [0.1, 0.15) is 23.1 Å². The summed E-state index contributed by atoms with van der Waals surface area (Å²) >= 11 is 0. The van der Waals surface area contributed by atoms with Gasteiger partial charge < -0.3 is 35.2 Å². The molecule has 4 rings (SSSR count). The maximum absolute atomic E-state index is 13.3. The van der Waals surface area contributed by atoms with Crippen molar-refractivity contribution < 1.29 is 33.5 Å². The molecule has 228 valence electrons. The summed E-state index contributed by atoms with van der Waals surface area (Å²) in [5, 5.41) is 21.6. The monoisotopic (exact) mass is 591 g/mol. The molecule has 2 atom stereocenters. The number of nitrogens with one attached hydrogen (secondary N) is 3. The van der Waals surface area contributed by atoms with Gasteiger partial charge in [0, 0.05) is 30.4 Å². The van der Waals surface area contributed by atoms with Crippen molar-refractivity contribution in [3.05, 3.63) is 77.2 Å². The Morgan fingerprint density at radius 3 is 2.49 bits per heavy atom. The van der Waals surface area contributed by atoms with Crippen LogP contribution in [0.15, 0.2) is 59.1 Å². The van der Waals surface area contributed by atoms with Crippen molar-refractivity contribution in [3.63, 3.8) is 0 Å². The van der Waals surface area contributed by atoms with Gasteiger partial charge in [-0.25, -0.2) is 14.4 Å². The van der Waals surface area contributed by atoms with E-state index in [0.29, 0.717) is 24.3 Å². The third-order valence-electron chi connectivity index (χ3n) is 6.85. The van der Waals surface area contributed by atoms with Crippen LogP contribution in [0.1, 0.15) is 62.2 Å². The minimum Gasteiger partial charge on any atom is -0.480 e. The molecule has 4 amide bonds. The summed E-state index contributed by atoms with van der Waals surface area (Å²) in [6.07, 6.45) is 0.662. The Kier molecular flexibility index (Phi) is 9.69. The maximum atomic E-state index is 13.3. The molecule has 4 N–H and O–H groups in total. The van der Waals surface area contributed by atoms with E-state index in [9.17, 15) is 24.3 Å². The number of aliphatic carboxylic acids is 1. The number of hydrogen-bond acceptors (Lipinski definition) is 7. The van der Waals surface area contributed by atoms with E-state index < -0.39 is 23.7 Å². The van der Waals surface area contributed by atoms with Gasteiger partial charge in [0.15, 0.2) is 0 Å². The molecule has 3 aromatic rings. The van der Waals surface area contributed by atoms with Crippen LogP contribution in [0, 0.1) is 6.92 Å². The van der Waals surface area contributed by atoms with E-state index in [-0.39, 0.29) is 36.6 Å². The standard InChI is InChI=1S/C31H37N5O7/c1-19-8-5-6-9-23(19)33-29(40)32-21-13-11-20(12-14-21)16-27(37)36-15-7-10-26(36)24-17-22(43-35-24)18-25(28(38)39)34-30(41)42-31(2,3)4/h5-6,8-9,11-14,17,25-26H,7,10,15-16,18H2,1-4H3,(H,34,41)(H,38,39)(H2,32,33,40). The fourth-order valence-corrected chi connectivity index (χ4v) is 4.79. The molecule has 1 saturated heterocycles. The number of likely N-dealkylation sites (tertiary alicyclic amines) is 1. The number of carboxylic acid groups (broad SMARTS) is 1. The quantitative estimate of drug-likeness (QED) is 0.268. The Morgan fingerprint density at radius 1 is 1.09 bits per heavy atom. The highest BCUT2D eigenvalue weighted by Gasteiger charge is 2.33. The number of anilines is 2. The molecule has 0 radical (unpaired) electrons. The van der Waals surface area contributed by atoms with Crippen molar-refractivity contribution in [2.45, 2.75) is 71.1 Å². The minimum atomic E-state index is -1.28. The van der Waals surface area contributed by atoms with Crippen molar-refractivity contribution >= 4 is 35.4 Å². The summed E-state index contributed by atoms with van der Waals surface area (Å²) in [7, 11) is 0. The van der Waals surface area contributed by atoms with E-state index >= 15 is 0 Å². The highest BCUT2D eigenvalue weighted by Crippen LogP contribution is 2.32. The van der Waals surface area contributed by atoms with Gasteiger partial charge in [-0.15, -0.1) is 0 Å². The molecule has 12 nitrogen and oxygen atoms in total. The van der Waals surface area contributed by atoms with E-state index in [2.05, 4.69) is 21.1 Å². The van der Waals surface area contributed by atoms with Gasteiger partial charge in [-0.05, 0) is 69.9 Å². The first-order chi connectivity index (χ1) is 20.4. The number of carbonyl (C=O) groups excluding carboxylic acids is 3. The smallest absolute Gasteiger partial charge is 0.408 e. The Hall–Kier alpha value is -4.87. The number of urea groups is 1. The summed E-state index contributed by atoms with van der Waals surface area (Å²) in [6, 6.07) is 14.3. The number of benzene rings is 2. The Bertz CT molecular complexity index is 1460. The summed E-state index contributed by atoms with van der Waals surface area (Å²) in [5.41, 5.74) is 2.81. The van der Waals surface area contributed by atoms with Crippen LogP contribution in [-0.2, 0) is 27.2 Å². The number of rotatable bonds is 9. The largest absolute Gasteiger partial charge is 0.480 e. The molecule has 0 spiro atoms. The Balaban J connectivity index is 1.33. The number of nitrogens with zero attached hydrogens (tertiary/aromatic N) is 2. The molecule has 0 bridgehead atoms. The van der Waals surface area contributed by atoms with Crippen molar-refractivity contribution in [1.82, 2.24) is 15.4 Å². The molecule has 12 heteroatoms. The van der Waals surface area contributed by atoms with Crippen LogP contribution in [0.4, 0.5) is 21.0 Å². The fraction of sp³-hybridized carbons (Fsp3) is 0.387. The van der Waals surface area contributed by atoms with Crippen molar-refractivity contribution in [3.8, 4) is 0 Å². The summed E-state index contributed by atoms with van der Waals surface area (Å²) in [6.45, 7) is 7.51. The second kappa shape index (κ2) is 13.4. The second-order valence-corrected chi connectivity index (χ2v) is 11.5. The molecule has 2 unspecified atom stereocenters. The lowest BCUT2D eigenvalue weighted by molar-refractivity contribution is -0.139. The van der Waals surface area contributed by atoms with Crippen LogP contribution in [-0.4, -0.2) is 57.4 Å². The van der Waals surface area contributed by atoms with Gasteiger partial charge in [-0.2, -0.15) is 0 Å². The first-order valence-corrected chi connectivity index (χ1v) is 14.1.